The van der Waals surface area contributed by atoms with Crippen LogP contribution in [0.1, 0.15) is 110 Å². The molecule has 0 saturated heterocycles. The van der Waals surface area contributed by atoms with Crippen LogP contribution >= 0.6 is 0 Å². The Kier molecular flexibility index (Phi) is 20.0. The maximum atomic E-state index is 11.5. The summed E-state index contributed by atoms with van der Waals surface area (Å²) in [5.41, 5.74) is 0.953. The predicted molar refractivity (Wildman–Crippen MR) is 121 cm³/mol. The van der Waals surface area contributed by atoms with Gasteiger partial charge in [-0.3, -0.25) is 0 Å². The van der Waals surface area contributed by atoms with E-state index >= 15 is 0 Å². The van der Waals surface area contributed by atoms with Crippen molar-refractivity contribution in [3.8, 4) is 0 Å². The fourth-order valence-corrected chi connectivity index (χ4v) is 3.03. The molecule has 0 spiro atoms. The maximum absolute atomic E-state index is 11.5. The predicted octanol–water partition coefficient (Wildman–Crippen LogP) is 7.08. The van der Waals surface area contributed by atoms with Gasteiger partial charge in [0.05, 0.1) is 13.2 Å². The molecule has 0 rings (SSSR count). The minimum Gasteiger partial charge on any atom is -0.463 e. The fraction of sp³-hybridized carbons (Fsp3) is 0.760. The number of ether oxygens (including phenoxy) is 2. The Balaban J connectivity index is 3.35. The van der Waals surface area contributed by atoms with Crippen LogP contribution in [0.3, 0.4) is 0 Å². The second-order valence-corrected chi connectivity index (χ2v) is 7.97. The summed E-state index contributed by atoms with van der Waals surface area (Å²) < 4.78 is 10.0. The summed E-state index contributed by atoms with van der Waals surface area (Å²) in [5.74, 6) is -1.02. The van der Waals surface area contributed by atoms with Crippen LogP contribution in [0, 0.1) is 0 Å². The molecule has 0 bridgehead atoms. The average molecular weight is 409 g/mol. The molecule has 0 amide bonds. The van der Waals surface area contributed by atoms with Crippen molar-refractivity contribution in [1.82, 2.24) is 0 Å². The Morgan fingerprint density at radius 2 is 1.03 bits per heavy atom. The second kappa shape index (κ2) is 21.1. The summed E-state index contributed by atoms with van der Waals surface area (Å²) in [6, 6.07) is 0. The standard InChI is InChI=1S/C25H44O4/c1-4-5-6-7-8-9-10-11-12-13-14-15-16-17-21-28-24(26)18-19-25(27)29-22-20-23(2)3/h18-19H,2,4-17,20-22H2,1,3H3/b19-18+. The number of rotatable bonds is 20. The van der Waals surface area contributed by atoms with Crippen molar-refractivity contribution >= 4 is 11.9 Å². The van der Waals surface area contributed by atoms with Crippen LogP contribution in [-0.4, -0.2) is 25.2 Å². The van der Waals surface area contributed by atoms with E-state index in [0.717, 1.165) is 30.6 Å². The van der Waals surface area contributed by atoms with Gasteiger partial charge in [-0.25, -0.2) is 9.59 Å². The van der Waals surface area contributed by atoms with Crippen LogP contribution in [0.4, 0.5) is 0 Å². The van der Waals surface area contributed by atoms with E-state index < -0.39 is 11.9 Å². The third kappa shape index (κ3) is 22.6. The zero-order chi connectivity index (χ0) is 21.6. The molecule has 0 aromatic carbocycles. The molecule has 0 radical (unpaired) electrons. The highest BCUT2D eigenvalue weighted by molar-refractivity contribution is 5.91. The lowest BCUT2D eigenvalue weighted by Gasteiger charge is -2.04. The Morgan fingerprint density at radius 3 is 1.45 bits per heavy atom. The van der Waals surface area contributed by atoms with Crippen LogP contribution < -0.4 is 0 Å². The van der Waals surface area contributed by atoms with Crippen molar-refractivity contribution < 1.29 is 19.1 Å². The van der Waals surface area contributed by atoms with E-state index in [9.17, 15) is 9.59 Å². The third-order valence-electron chi connectivity index (χ3n) is 4.87. The van der Waals surface area contributed by atoms with Crippen LogP contribution in [0.15, 0.2) is 24.3 Å². The molecule has 0 fully saturated rings. The lowest BCUT2D eigenvalue weighted by molar-refractivity contribution is -0.140. The molecule has 0 aliphatic heterocycles. The number of esters is 2. The first kappa shape index (κ1) is 27.4. The van der Waals surface area contributed by atoms with Crippen molar-refractivity contribution in [2.45, 2.75) is 110 Å². The van der Waals surface area contributed by atoms with E-state index in [2.05, 4.69) is 13.5 Å². The SMILES string of the molecule is C=C(C)CCOC(=O)/C=C/C(=O)OCCCCCCCCCCCCCCCC. The molecule has 0 aliphatic carbocycles. The average Bonchev–Trinajstić information content (AvgIpc) is 2.69. The van der Waals surface area contributed by atoms with E-state index in [1.807, 2.05) is 6.92 Å². The zero-order valence-corrected chi connectivity index (χ0v) is 19.0. The van der Waals surface area contributed by atoms with Gasteiger partial charge in [0.2, 0.25) is 0 Å². The number of hydrogen-bond acceptors (Lipinski definition) is 4. The van der Waals surface area contributed by atoms with Gasteiger partial charge in [-0.2, -0.15) is 0 Å². The number of unbranched alkanes of at least 4 members (excludes halogenated alkanes) is 13. The van der Waals surface area contributed by atoms with E-state index in [0.29, 0.717) is 13.0 Å². The number of carbonyl (C=O) groups is 2. The molecule has 0 heterocycles. The quantitative estimate of drug-likeness (QED) is 0.0935. The topological polar surface area (TPSA) is 52.6 Å². The van der Waals surface area contributed by atoms with Crippen molar-refractivity contribution in [3.05, 3.63) is 24.3 Å². The molecular weight excluding hydrogens is 364 g/mol. The van der Waals surface area contributed by atoms with Crippen LogP contribution in [0.5, 0.6) is 0 Å². The molecule has 0 unspecified atom stereocenters. The maximum Gasteiger partial charge on any atom is 0.331 e. The Labute approximate surface area is 179 Å². The Morgan fingerprint density at radius 1 is 0.655 bits per heavy atom. The summed E-state index contributed by atoms with van der Waals surface area (Å²) in [6.07, 6.45) is 21.0. The molecule has 168 valence electrons. The molecule has 4 nitrogen and oxygen atoms in total. The van der Waals surface area contributed by atoms with E-state index in [4.69, 9.17) is 9.47 Å². The van der Waals surface area contributed by atoms with Gasteiger partial charge >= 0.3 is 11.9 Å². The van der Waals surface area contributed by atoms with Gasteiger partial charge in [-0.15, -0.1) is 6.58 Å². The normalized spacial score (nSPS) is 11.0. The van der Waals surface area contributed by atoms with Crippen LogP contribution in [0.25, 0.3) is 0 Å². The summed E-state index contributed by atoms with van der Waals surface area (Å²) in [6.45, 7) is 8.56. The first-order valence-corrected chi connectivity index (χ1v) is 11.7. The molecule has 0 aliphatic rings. The number of hydrogen-bond donors (Lipinski definition) is 0. The lowest BCUT2D eigenvalue weighted by atomic mass is 10.0. The van der Waals surface area contributed by atoms with Crippen molar-refractivity contribution in [3.63, 3.8) is 0 Å². The monoisotopic (exact) mass is 408 g/mol. The second-order valence-electron chi connectivity index (χ2n) is 7.97. The highest BCUT2D eigenvalue weighted by Crippen LogP contribution is 2.12. The molecule has 0 atom stereocenters. The molecule has 0 aromatic heterocycles. The lowest BCUT2D eigenvalue weighted by Crippen LogP contribution is -2.06. The molecule has 0 aromatic rings. The fourth-order valence-electron chi connectivity index (χ4n) is 3.03. The highest BCUT2D eigenvalue weighted by atomic mass is 16.5. The van der Waals surface area contributed by atoms with Gasteiger partial charge in [0.1, 0.15) is 0 Å². The van der Waals surface area contributed by atoms with Gasteiger partial charge in [0.25, 0.3) is 0 Å². The van der Waals surface area contributed by atoms with Crippen molar-refractivity contribution in [2.24, 2.45) is 0 Å². The van der Waals surface area contributed by atoms with Gasteiger partial charge in [-0.1, -0.05) is 96.0 Å². The van der Waals surface area contributed by atoms with Crippen LogP contribution in [-0.2, 0) is 19.1 Å². The molecule has 0 saturated carbocycles. The van der Waals surface area contributed by atoms with Crippen molar-refractivity contribution in [2.75, 3.05) is 13.2 Å². The first-order chi connectivity index (χ1) is 14.1. The van der Waals surface area contributed by atoms with E-state index in [1.165, 1.54) is 77.0 Å². The zero-order valence-electron chi connectivity index (χ0n) is 19.0. The summed E-state index contributed by atoms with van der Waals surface area (Å²) in [5, 5.41) is 0. The molecular formula is C25H44O4. The smallest absolute Gasteiger partial charge is 0.331 e. The Bertz CT molecular complexity index is 454. The Hall–Kier alpha value is -1.58. The molecule has 29 heavy (non-hydrogen) atoms. The van der Waals surface area contributed by atoms with E-state index in [-0.39, 0.29) is 6.61 Å². The number of carbonyl (C=O) groups excluding carboxylic acids is 2. The molecule has 4 heteroatoms. The summed E-state index contributed by atoms with van der Waals surface area (Å²) >= 11 is 0. The first-order valence-electron chi connectivity index (χ1n) is 11.7. The highest BCUT2D eigenvalue weighted by Gasteiger charge is 2.01. The minimum absolute atomic E-state index is 0.284. The van der Waals surface area contributed by atoms with Gasteiger partial charge in [-0.05, 0) is 13.3 Å². The van der Waals surface area contributed by atoms with E-state index in [1.54, 1.807) is 0 Å². The third-order valence-corrected chi connectivity index (χ3v) is 4.87. The van der Waals surface area contributed by atoms with Gasteiger partial charge in [0, 0.05) is 18.6 Å². The minimum atomic E-state index is -0.528. The summed E-state index contributed by atoms with van der Waals surface area (Å²) in [4.78, 5) is 22.9. The van der Waals surface area contributed by atoms with Crippen molar-refractivity contribution in [1.29, 1.82) is 0 Å². The van der Waals surface area contributed by atoms with Crippen LogP contribution in [0.2, 0.25) is 0 Å². The van der Waals surface area contributed by atoms with Gasteiger partial charge < -0.3 is 9.47 Å². The molecule has 0 N–H and O–H groups in total. The van der Waals surface area contributed by atoms with Gasteiger partial charge in [0.15, 0.2) is 0 Å². The largest absolute Gasteiger partial charge is 0.463 e. The summed E-state index contributed by atoms with van der Waals surface area (Å²) in [7, 11) is 0.